The highest BCUT2D eigenvalue weighted by Gasteiger charge is 2.30. The third-order valence-electron chi connectivity index (χ3n) is 3.15. The average Bonchev–Trinajstić information content (AvgIpc) is 2.37. The van der Waals surface area contributed by atoms with Crippen molar-refractivity contribution >= 4 is 5.78 Å². The van der Waals surface area contributed by atoms with Crippen LogP contribution in [0.5, 0.6) is 0 Å². The predicted molar refractivity (Wildman–Crippen MR) is 71.6 cm³/mol. The molecule has 0 aliphatic heterocycles. The van der Waals surface area contributed by atoms with Gasteiger partial charge in [-0.15, -0.1) is 0 Å². The molecule has 0 saturated heterocycles. The molecule has 0 atom stereocenters. The first-order valence-electron chi connectivity index (χ1n) is 6.09. The van der Waals surface area contributed by atoms with Crippen LogP contribution in [0.3, 0.4) is 0 Å². The Morgan fingerprint density at radius 3 is 2.20 bits per heavy atom. The first-order chi connectivity index (χ1) is 9.30. The number of ketones is 1. The molecule has 2 aromatic rings. The molecule has 0 heterocycles. The Bertz CT molecular complexity index is 657. The fraction of sp³-hybridized carbons (Fsp3) is 0.188. The summed E-state index contributed by atoms with van der Waals surface area (Å²) in [6.07, 6.45) is -4.36. The summed E-state index contributed by atoms with van der Waals surface area (Å²) in [5.74, 6) is -0.111. The minimum Gasteiger partial charge on any atom is -0.294 e. The maximum Gasteiger partial charge on any atom is 0.416 e. The lowest BCUT2D eigenvalue weighted by Gasteiger charge is -2.13. The summed E-state index contributed by atoms with van der Waals surface area (Å²) in [5, 5.41) is 0. The van der Waals surface area contributed by atoms with Crippen LogP contribution in [-0.2, 0) is 6.18 Å². The van der Waals surface area contributed by atoms with Gasteiger partial charge in [0.15, 0.2) is 5.78 Å². The Balaban J connectivity index is 2.58. The van der Waals surface area contributed by atoms with E-state index in [1.807, 2.05) is 0 Å². The highest BCUT2D eigenvalue weighted by Crippen LogP contribution is 2.34. The molecule has 0 aliphatic rings. The molecule has 0 N–H and O–H groups in total. The van der Waals surface area contributed by atoms with Gasteiger partial charge < -0.3 is 0 Å². The quantitative estimate of drug-likeness (QED) is 0.715. The number of hydrogen-bond acceptors (Lipinski definition) is 1. The van der Waals surface area contributed by atoms with E-state index in [4.69, 9.17) is 0 Å². The molecule has 1 nitrogen and oxygen atoms in total. The molecule has 104 valence electrons. The van der Waals surface area contributed by atoms with Gasteiger partial charge in [-0.2, -0.15) is 13.2 Å². The number of aryl methyl sites for hydroxylation is 1. The largest absolute Gasteiger partial charge is 0.416 e. The van der Waals surface area contributed by atoms with Crippen LogP contribution in [0, 0.1) is 6.92 Å². The number of carbonyl (C=O) groups is 1. The SMILES string of the molecule is CC(=O)c1ccccc1-c1ccc(C(F)(F)F)cc1C. The first kappa shape index (κ1) is 14.3. The number of carbonyl (C=O) groups excluding carboxylic acids is 1. The van der Waals surface area contributed by atoms with Gasteiger partial charge in [-0.3, -0.25) is 4.79 Å². The second-order valence-corrected chi connectivity index (χ2v) is 4.63. The predicted octanol–water partition coefficient (Wildman–Crippen LogP) is 4.88. The summed E-state index contributed by atoms with van der Waals surface area (Å²) in [6.45, 7) is 3.06. The van der Waals surface area contributed by atoms with Crippen molar-refractivity contribution in [3.8, 4) is 11.1 Å². The van der Waals surface area contributed by atoms with Crippen LogP contribution in [0.2, 0.25) is 0 Å². The fourth-order valence-electron chi connectivity index (χ4n) is 2.17. The molecule has 4 heteroatoms. The van der Waals surface area contributed by atoms with Crippen molar-refractivity contribution in [2.75, 3.05) is 0 Å². The van der Waals surface area contributed by atoms with Crippen molar-refractivity contribution in [2.24, 2.45) is 0 Å². The molecule has 0 aromatic heterocycles. The lowest BCUT2D eigenvalue weighted by atomic mass is 9.93. The molecule has 2 rings (SSSR count). The van der Waals surface area contributed by atoms with Crippen molar-refractivity contribution in [1.29, 1.82) is 0 Å². The van der Waals surface area contributed by atoms with Gasteiger partial charge in [0.05, 0.1) is 5.56 Å². The second-order valence-electron chi connectivity index (χ2n) is 4.63. The lowest BCUT2D eigenvalue weighted by molar-refractivity contribution is -0.137. The van der Waals surface area contributed by atoms with E-state index in [1.165, 1.54) is 13.0 Å². The average molecular weight is 278 g/mol. The number of halogens is 3. The van der Waals surface area contributed by atoms with Crippen molar-refractivity contribution in [1.82, 2.24) is 0 Å². The minimum absolute atomic E-state index is 0.111. The normalized spacial score (nSPS) is 11.4. The molecule has 0 aliphatic carbocycles. The maximum atomic E-state index is 12.7. The Morgan fingerprint density at radius 2 is 1.65 bits per heavy atom. The van der Waals surface area contributed by atoms with Gasteiger partial charge in [0.25, 0.3) is 0 Å². The smallest absolute Gasteiger partial charge is 0.294 e. The molecule has 0 saturated carbocycles. The highest BCUT2D eigenvalue weighted by atomic mass is 19.4. The van der Waals surface area contributed by atoms with E-state index in [-0.39, 0.29) is 5.78 Å². The van der Waals surface area contributed by atoms with E-state index in [1.54, 1.807) is 31.2 Å². The number of hydrogen-bond donors (Lipinski definition) is 0. The van der Waals surface area contributed by atoms with E-state index < -0.39 is 11.7 Å². The molecular formula is C16H13F3O. The van der Waals surface area contributed by atoms with Crippen LogP contribution in [0.4, 0.5) is 13.2 Å². The summed E-state index contributed by atoms with van der Waals surface area (Å²) < 4.78 is 38.0. The Labute approximate surface area is 115 Å². The summed E-state index contributed by atoms with van der Waals surface area (Å²) in [4.78, 5) is 11.6. The van der Waals surface area contributed by atoms with Crippen LogP contribution >= 0.6 is 0 Å². The maximum absolute atomic E-state index is 12.7. The second kappa shape index (κ2) is 5.12. The molecule has 0 fully saturated rings. The zero-order valence-corrected chi connectivity index (χ0v) is 11.1. The van der Waals surface area contributed by atoms with Gasteiger partial charge in [-0.05, 0) is 42.7 Å². The van der Waals surface area contributed by atoms with E-state index >= 15 is 0 Å². The molecule has 0 radical (unpaired) electrons. The summed E-state index contributed by atoms with van der Waals surface area (Å²) in [6, 6.07) is 10.5. The van der Waals surface area contributed by atoms with E-state index in [0.717, 1.165) is 12.1 Å². The Kier molecular flexibility index (Phi) is 3.66. The summed E-state index contributed by atoms with van der Waals surface area (Å²) >= 11 is 0. The topological polar surface area (TPSA) is 17.1 Å². The number of alkyl halides is 3. The standard InChI is InChI=1S/C16H13F3O/c1-10-9-12(16(17,18)19)7-8-13(10)15-6-4-3-5-14(15)11(2)20/h3-9H,1-2H3. The summed E-state index contributed by atoms with van der Waals surface area (Å²) in [5.41, 5.74) is 1.62. The van der Waals surface area contributed by atoms with E-state index in [0.29, 0.717) is 22.3 Å². The van der Waals surface area contributed by atoms with Gasteiger partial charge in [0.1, 0.15) is 0 Å². The Morgan fingerprint density at radius 1 is 1.00 bits per heavy atom. The van der Waals surface area contributed by atoms with Crippen LogP contribution in [0.25, 0.3) is 11.1 Å². The van der Waals surface area contributed by atoms with E-state index in [9.17, 15) is 18.0 Å². The number of Topliss-reactive ketones (excluding diaryl/α,β-unsaturated/α-hetero) is 1. The zero-order valence-electron chi connectivity index (χ0n) is 11.1. The van der Waals surface area contributed by atoms with Crippen molar-refractivity contribution in [3.63, 3.8) is 0 Å². The molecular weight excluding hydrogens is 265 g/mol. The van der Waals surface area contributed by atoms with Crippen molar-refractivity contribution in [3.05, 3.63) is 59.2 Å². The van der Waals surface area contributed by atoms with Crippen molar-refractivity contribution < 1.29 is 18.0 Å². The van der Waals surface area contributed by atoms with Gasteiger partial charge in [-0.1, -0.05) is 30.3 Å². The van der Waals surface area contributed by atoms with Crippen LogP contribution in [-0.4, -0.2) is 5.78 Å². The molecule has 2 aromatic carbocycles. The summed E-state index contributed by atoms with van der Waals surface area (Å²) in [7, 11) is 0. The van der Waals surface area contributed by atoms with Gasteiger partial charge in [0.2, 0.25) is 0 Å². The van der Waals surface area contributed by atoms with Gasteiger partial charge in [0, 0.05) is 5.56 Å². The third-order valence-corrected chi connectivity index (χ3v) is 3.15. The van der Waals surface area contributed by atoms with E-state index in [2.05, 4.69) is 0 Å². The number of benzene rings is 2. The van der Waals surface area contributed by atoms with Crippen molar-refractivity contribution in [2.45, 2.75) is 20.0 Å². The highest BCUT2D eigenvalue weighted by molar-refractivity contribution is 6.01. The van der Waals surface area contributed by atoms with Crippen LogP contribution < -0.4 is 0 Å². The fourth-order valence-corrected chi connectivity index (χ4v) is 2.17. The molecule has 0 spiro atoms. The monoisotopic (exact) mass is 278 g/mol. The third kappa shape index (κ3) is 2.74. The minimum atomic E-state index is -4.36. The molecule has 0 unspecified atom stereocenters. The molecule has 20 heavy (non-hydrogen) atoms. The van der Waals surface area contributed by atoms with Gasteiger partial charge in [-0.25, -0.2) is 0 Å². The molecule has 0 bridgehead atoms. The zero-order chi connectivity index (χ0) is 14.9. The first-order valence-corrected chi connectivity index (χ1v) is 6.09. The Hall–Kier alpha value is -2.10. The molecule has 0 amide bonds. The van der Waals surface area contributed by atoms with Crippen LogP contribution in [0.15, 0.2) is 42.5 Å². The number of rotatable bonds is 2. The lowest BCUT2D eigenvalue weighted by Crippen LogP contribution is -2.05. The van der Waals surface area contributed by atoms with Crippen LogP contribution in [0.1, 0.15) is 28.4 Å². The van der Waals surface area contributed by atoms with Gasteiger partial charge >= 0.3 is 6.18 Å².